The summed E-state index contributed by atoms with van der Waals surface area (Å²) in [4.78, 5) is 7.26. The maximum Gasteiger partial charge on any atom is 0.227 e. The molecule has 0 unspecified atom stereocenters. The van der Waals surface area contributed by atoms with E-state index < -0.39 is 0 Å². The molecule has 0 N–H and O–H groups in total. The lowest BCUT2D eigenvalue weighted by Crippen LogP contribution is -2.10. The summed E-state index contributed by atoms with van der Waals surface area (Å²) >= 11 is 0. The highest BCUT2D eigenvalue weighted by molar-refractivity contribution is 6.14. The monoisotopic (exact) mass is 512 g/mol. The molecule has 0 aliphatic heterocycles. The summed E-state index contributed by atoms with van der Waals surface area (Å²) in [6.45, 7) is 0. The summed E-state index contributed by atoms with van der Waals surface area (Å²) < 4.78 is 6.47. The summed E-state index contributed by atoms with van der Waals surface area (Å²) in [5, 5.41) is 2.36. The lowest BCUT2D eigenvalue weighted by molar-refractivity contribution is 0.590. The van der Waals surface area contributed by atoms with Crippen molar-refractivity contribution in [1.82, 2.24) is 4.98 Å². The first-order chi connectivity index (χ1) is 19.8. The molecular formula is C37H24N2O. The van der Waals surface area contributed by atoms with Gasteiger partial charge in [0, 0.05) is 39.1 Å². The average molecular weight is 513 g/mol. The van der Waals surface area contributed by atoms with E-state index in [0.717, 1.165) is 45.2 Å². The van der Waals surface area contributed by atoms with Crippen molar-refractivity contribution in [2.24, 2.45) is 0 Å². The Labute approximate surface area is 232 Å². The maximum atomic E-state index is 6.47. The van der Waals surface area contributed by atoms with Gasteiger partial charge in [-0.05, 0) is 65.0 Å². The molecule has 1 aliphatic rings. The first-order valence-corrected chi connectivity index (χ1v) is 13.5. The van der Waals surface area contributed by atoms with Crippen molar-refractivity contribution in [1.29, 1.82) is 0 Å². The molecule has 40 heavy (non-hydrogen) atoms. The van der Waals surface area contributed by atoms with Crippen molar-refractivity contribution in [2.45, 2.75) is 0 Å². The van der Waals surface area contributed by atoms with Crippen molar-refractivity contribution in [3.05, 3.63) is 146 Å². The van der Waals surface area contributed by atoms with Gasteiger partial charge in [0.25, 0.3) is 0 Å². The molecule has 0 spiro atoms. The number of oxazole rings is 1. The summed E-state index contributed by atoms with van der Waals surface area (Å²) in [5.41, 5.74) is 9.75. The lowest BCUT2D eigenvalue weighted by Gasteiger charge is -2.26. The van der Waals surface area contributed by atoms with Crippen LogP contribution in [-0.4, -0.2) is 4.98 Å². The van der Waals surface area contributed by atoms with Gasteiger partial charge in [0.15, 0.2) is 5.76 Å². The van der Waals surface area contributed by atoms with Crippen molar-refractivity contribution < 1.29 is 4.42 Å². The van der Waals surface area contributed by atoms with Crippen LogP contribution >= 0.6 is 0 Å². The molecule has 1 aliphatic carbocycles. The van der Waals surface area contributed by atoms with Gasteiger partial charge in [-0.15, -0.1) is 0 Å². The molecule has 0 amide bonds. The first kappa shape index (κ1) is 22.6. The molecule has 0 fully saturated rings. The standard InChI is InChI=1S/C37H24N2O/c1-4-11-25(12-5-1)26-19-21-30(22-20-26)39(29-16-8-3-9-17-29)31-23-28-15-10-18-32-34(28)33(24-31)36-35(32)38-37(40-36)27-13-6-2-7-14-27/h1-24H. The second-order valence-electron chi connectivity index (χ2n) is 10.0. The topological polar surface area (TPSA) is 29.3 Å². The predicted molar refractivity (Wildman–Crippen MR) is 164 cm³/mol. The first-order valence-electron chi connectivity index (χ1n) is 13.5. The van der Waals surface area contributed by atoms with Crippen molar-refractivity contribution >= 4 is 27.8 Å². The summed E-state index contributed by atoms with van der Waals surface area (Å²) in [6, 6.07) is 50.8. The molecule has 0 radical (unpaired) electrons. The van der Waals surface area contributed by atoms with Crippen LogP contribution in [0.2, 0.25) is 0 Å². The molecule has 3 heteroatoms. The third-order valence-corrected chi connectivity index (χ3v) is 7.61. The number of anilines is 3. The Bertz CT molecular complexity index is 1980. The van der Waals surface area contributed by atoms with E-state index >= 15 is 0 Å². The zero-order chi connectivity index (χ0) is 26.5. The van der Waals surface area contributed by atoms with Crippen molar-refractivity contribution in [2.75, 3.05) is 4.90 Å². The minimum Gasteiger partial charge on any atom is -0.435 e. The Morgan fingerprint density at radius 3 is 1.82 bits per heavy atom. The molecule has 8 rings (SSSR count). The third-order valence-electron chi connectivity index (χ3n) is 7.61. The summed E-state index contributed by atoms with van der Waals surface area (Å²) in [6.07, 6.45) is 0. The van der Waals surface area contributed by atoms with E-state index in [4.69, 9.17) is 9.40 Å². The fourth-order valence-corrected chi connectivity index (χ4v) is 5.76. The molecular weight excluding hydrogens is 488 g/mol. The number of benzene rings is 6. The molecule has 1 heterocycles. The van der Waals surface area contributed by atoms with Crippen LogP contribution in [0.1, 0.15) is 0 Å². The van der Waals surface area contributed by atoms with Gasteiger partial charge in [-0.1, -0.05) is 97.1 Å². The van der Waals surface area contributed by atoms with E-state index in [-0.39, 0.29) is 0 Å². The van der Waals surface area contributed by atoms with Gasteiger partial charge in [0.1, 0.15) is 5.69 Å². The zero-order valence-corrected chi connectivity index (χ0v) is 21.7. The third kappa shape index (κ3) is 3.63. The fourth-order valence-electron chi connectivity index (χ4n) is 5.76. The van der Waals surface area contributed by atoms with Crippen molar-refractivity contribution in [3.63, 3.8) is 0 Å². The molecule has 1 aromatic heterocycles. The number of nitrogens with zero attached hydrogens (tertiary/aromatic N) is 2. The summed E-state index contributed by atoms with van der Waals surface area (Å²) in [5.74, 6) is 1.48. The Morgan fingerprint density at radius 2 is 1.10 bits per heavy atom. The molecule has 0 atom stereocenters. The highest BCUT2D eigenvalue weighted by Gasteiger charge is 2.29. The highest BCUT2D eigenvalue weighted by atomic mass is 16.4. The van der Waals surface area contributed by atoms with Crippen molar-refractivity contribution in [3.8, 4) is 45.2 Å². The Kier molecular flexibility index (Phi) is 5.14. The molecule has 0 saturated heterocycles. The summed E-state index contributed by atoms with van der Waals surface area (Å²) in [7, 11) is 0. The van der Waals surface area contributed by atoms with Crippen LogP contribution in [0.25, 0.3) is 55.9 Å². The maximum absolute atomic E-state index is 6.47. The SMILES string of the molecule is c1ccc(-c2ccc(N(c3ccccc3)c3cc4c5c(cccc5c3)-c3nc(-c5ccccc5)oc3-4)cc2)cc1. The van der Waals surface area contributed by atoms with Gasteiger partial charge in [0.2, 0.25) is 5.89 Å². The molecule has 188 valence electrons. The molecule has 3 nitrogen and oxygen atoms in total. The zero-order valence-electron chi connectivity index (χ0n) is 21.7. The minimum absolute atomic E-state index is 0.648. The highest BCUT2D eigenvalue weighted by Crippen LogP contribution is 2.51. The van der Waals surface area contributed by atoms with E-state index in [1.54, 1.807) is 0 Å². The lowest BCUT2D eigenvalue weighted by atomic mass is 10.0. The van der Waals surface area contributed by atoms with Crippen LogP contribution in [-0.2, 0) is 0 Å². The number of hydrogen-bond donors (Lipinski definition) is 0. The van der Waals surface area contributed by atoms with Crippen LogP contribution < -0.4 is 4.90 Å². The average Bonchev–Trinajstić information content (AvgIpc) is 3.59. The molecule has 7 aromatic rings. The number of fused-ring (bicyclic) bond motifs is 3. The number of hydrogen-bond acceptors (Lipinski definition) is 3. The van der Waals surface area contributed by atoms with E-state index in [0.29, 0.717) is 5.89 Å². The fraction of sp³-hybridized carbons (Fsp3) is 0. The van der Waals surface area contributed by atoms with Crippen LogP contribution in [0.3, 0.4) is 0 Å². The smallest absolute Gasteiger partial charge is 0.227 e. The Morgan fingerprint density at radius 1 is 0.475 bits per heavy atom. The van der Waals surface area contributed by atoms with Gasteiger partial charge < -0.3 is 9.32 Å². The predicted octanol–water partition coefficient (Wildman–Crippen LogP) is 10.3. The van der Waals surface area contributed by atoms with Crippen LogP contribution in [0.15, 0.2) is 150 Å². The number of para-hydroxylation sites is 1. The molecule has 0 saturated carbocycles. The number of aromatic nitrogens is 1. The van der Waals surface area contributed by atoms with Crippen LogP contribution in [0.5, 0.6) is 0 Å². The molecule has 6 aromatic carbocycles. The van der Waals surface area contributed by atoms with Gasteiger partial charge in [-0.3, -0.25) is 0 Å². The van der Waals surface area contributed by atoms with Gasteiger partial charge >= 0.3 is 0 Å². The van der Waals surface area contributed by atoms with Gasteiger partial charge in [0.05, 0.1) is 0 Å². The second-order valence-corrected chi connectivity index (χ2v) is 10.0. The van der Waals surface area contributed by atoms with E-state index in [1.807, 2.05) is 36.4 Å². The van der Waals surface area contributed by atoms with E-state index in [9.17, 15) is 0 Å². The van der Waals surface area contributed by atoms with Crippen LogP contribution in [0, 0.1) is 0 Å². The Hall–Kier alpha value is -5.41. The van der Waals surface area contributed by atoms with E-state index in [2.05, 4.69) is 114 Å². The van der Waals surface area contributed by atoms with Gasteiger partial charge in [-0.2, -0.15) is 0 Å². The van der Waals surface area contributed by atoms with Crippen LogP contribution in [0.4, 0.5) is 17.1 Å². The van der Waals surface area contributed by atoms with Gasteiger partial charge in [-0.25, -0.2) is 4.98 Å². The Balaban J connectivity index is 1.29. The number of rotatable bonds is 5. The largest absolute Gasteiger partial charge is 0.435 e. The molecule has 0 bridgehead atoms. The normalized spacial score (nSPS) is 11.5. The van der Waals surface area contributed by atoms with E-state index in [1.165, 1.54) is 21.9 Å². The second kappa shape index (κ2) is 9.11. The minimum atomic E-state index is 0.648. The quantitative estimate of drug-likeness (QED) is 0.230.